The molecule has 1 rings (SSSR count). The van der Waals surface area contributed by atoms with Gasteiger partial charge in [0.25, 0.3) is 0 Å². The molecule has 0 saturated carbocycles. The van der Waals surface area contributed by atoms with E-state index in [1.807, 2.05) is 11.8 Å². The summed E-state index contributed by atoms with van der Waals surface area (Å²) in [6, 6.07) is 0.310. The monoisotopic (exact) mass is 314 g/mol. The number of carbonyl (C=O) groups excluding carboxylic acids is 1. The number of nitrogens with zero attached hydrogens (tertiary/aromatic N) is 3. The van der Waals surface area contributed by atoms with Crippen LogP contribution in [0.3, 0.4) is 0 Å². The molecule has 6 heteroatoms. The second-order valence-corrected chi connectivity index (χ2v) is 7.67. The van der Waals surface area contributed by atoms with E-state index in [4.69, 9.17) is 0 Å². The van der Waals surface area contributed by atoms with E-state index in [-0.39, 0.29) is 12.5 Å². The molecule has 122 valence electrons. The van der Waals surface area contributed by atoms with E-state index in [2.05, 4.69) is 42.9 Å². The summed E-state index contributed by atoms with van der Waals surface area (Å²) >= 11 is 2.04. The Bertz CT molecular complexity index is 369. The van der Waals surface area contributed by atoms with E-state index >= 15 is 0 Å². The lowest BCUT2D eigenvalue weighted by atomic mass is 10.1. The van der Waals surface area contributed by atoms with Crippen LogP contribution < -0.4 is 5.32 Å². The van der Waals surface area contributed by atoms with Crippen LogP contribution in [0.25, 0.3) is 0 Å². The third kappa shape index (κ3) is 6.16. The van der Waals surface area contributed by atoms with Gasteiger partial charge in [0.2, 0.25) is 5.91 Å². The van der Waals surface area contributed by atoms with Gasteiger partial charge >= 0.3 is 0 Å². The normalized spacial score (nSPS) is 20.1. The third-order valence-corrected chi connectivity index (χ3v) is 4.96. The van der Waals surface area contributed by atoms with Gasteiger partial charge in [-0.2, -0.15) is 11.8 Å². The molecule has 0 aromatic heterocycles. The summed E-state index contributed by atoms with van der Waals surface area (Å²) in [4.78, 5) is 20.2. The van der Waals surface area contributed by atoms with Crippen molar-refractivity contribution in [1.82, 2.24) is 15.1 Å². The smallest absolute Gasteiger partial charge is 0.243 e. The molecule has 0 radical (unpaired) electrons. The van der Waals surface area contributed by atoms with Crippen LogP contribution >= 0.6 is 11.8 Å². The number of guanidine groups is 1. The van der Waals surface area contributed by atoms with Gasteiger partial charge in [-0.15, -0.1) is 0 Å². The lowest BCUT2D eigenvalue weighted by Gasteiger charge is -2.37. The topological polar surface area (TPSA) is 47.9 Å². The number of aliphatic imine (C=N–C) groups is 1. The molecule has 0 spiro atoms. The molecule has 1 atom stereocenters. The highest BCUT2D eigenvalue weighted by atomic mass is 32.2. The van der Waals surface area contributed by atoms with Crippen LogP contribution in [0.1, 0.15) is 27.7 Å². The van der Waals surface area contributed by atoms with Gasteiger partial charge < -0.3 is 15.1 Å². The summed E-state index contributed by atoms with van der Waals surface area (Å²) in [5.41, 5.74) is 0. The molecule has 0 bridgehead atoms. The molecule has 1 saturated heterocycles. The van der Waals surface area contributed by atoms with Gasteiger partial charge in [0.1, 0.15) is 6.54 Å². The summed E-state index contributed by atoms with van der Waals surface area (Å²) in [5.74, 6) is 2.67. The van der Waals surface area contributed by atoms with E-state index in [9.17, 15) is 4.79 Å². The number of likely N-dealkylation sites (N-methyl/N-ethyl adjacent to an activating group) is 1. The number of amides is 1. The predicted octanol–water partition coefficient (Wildman–Crippen LogP) is 1.50. The molecule has 1 aliphatic heterocycles. The Morgan fingerprint density at radius 3 is 2.57 bits per heavy atom. The van der Waals surface area contributed by atoms with E-state index in [1.54, 1.807) is 19.0 Å². The van der Waals surface area contributed by atoms with Gasteiger partial charge in [0.15, 0.2) is 5.96 Å². The van der Waals surface area contributed by atoms with Gasteiger partial charge in [0.05, 0.1) is 0 Å². The fourth-order valence-corrected chi connectivity index (χ4v) is 3.35. The maximum absolute atomic E-state index is 11.8. The Hall–Kier alpha value is -0.910. The van der Waals surface area contributed by atoms with Gasteiger partial charge in [-0.3, -0.25) is 4.79 Å². The maximum atomic E-state index is 11.8. The lowest BCUT2D eigenvalue weighted by molar-refractivity contribution is -0.127. The van der Waals surface area contributed by atoms with Crippen LogP contribution in [0.15, 0.2) is 4.99 Å². The van der Waals surface area contributed by atoms with Crippen molar-refractivity contribution in [1.29, 1.82) is 0 Å². The summed E-state index contributed by atoms with van der Waals surface area (Å²) in [6.45, 7) is 10.9. The van der Waals surface area contributed by atoms with Gasteiger partial charge in [-0.1, -0.05) is 13.8 Å². The number of thioether (sulfide) groups is 1. The average Bonchev–Trinajstić information content (AvgIpc) is 2.42. The van der Waals surface area contributed by atoms with Crippen LogP contribution in [0, 0.1) is 5.92 Å². The van der Waals surface area contributed by atoms with Crippen molar-refractivity contribution in [2.24, 2.45) is 10.9 Å². The molecule has 1 aliphatic rings. The number of rotatable bonds is 4. The van der Waals surface area contributed by atoms with Crippen molar-refractivity contribution in [3.05, 3.63) is 0 Å². The van der Waals surface area contributed by atoms with Crippen molar-refractivity contribution in [3.8, 4) is 0 Å². The minimum Gasteiger partial charge on any atom is -0.354 e. The number of nitrogens with one attached hydrogen (secondary N) is 1. The molecule has 1 fully saturated rings. The van der Waals surface area contributed by atoms with Crippen LogP contribution in [0.4, 0.5) is 0 Å². The average molecular weight is 314 g/mol. The minimum atomic E-state index is 0.0323. The van der Waals surface area contributed by atoms with E-state index in [0.29, 0.717) is 17.2 Å². The third-order valence-electron chi connectivity index (χ3n) is 3.42. The quantitative estimate of drug-likeness (QED) is 0.631. The summed E-state index contributed by atoms with van der Waals surface area (Å²) in [6.07, 6.45) is 0. The number of hydrogen-bond acceptors (Lipinski definition) is 3. The first-order valence-electron chi connectivity index (χ1n) is 7.69. The highest BCUT2D eigenvalue weighted by Gasteiger charge is 2.25. The van der Waals surface area contributed by atoms with Crippen molar-refractivity contribution in [2.45, 2.75) is 39.0 Å². The Morgan fingerprint density at radius 2 is 2.05 bits per heavy atom. The van der Waals surface area contributed by atoms with Crippen LogP contribution in [-0.4, -0.2) is 72.4 Å². The van der Waals surface area contributed by atoms with Gasteiger partial charge in [0, 0.05) is 44.2 Å². The van der Waals surface area contributed by atoms with Gasteiger partial charge in [-0.25, -0.2) is 4.99 Å². The maximum Gasteiger partial charge on any atom is 0.243 e. The Kier molecular flexibility index (Phi) is 7.35. The SMILES string of the molecule is CC(C)NC(=NCC(=O)N(C)C)N1CCSC(C(C)C)C1. The number of hydrogen-bond donors (Lipinski definition) is 1. The largest absolute Gasteiger partial charge is 0.354 e. The zero-order valence-corrected chi connectivity index (χ0v) is 15.0. The molecular weight excluding hydrogens is 284 g/mol. The Balaban J connectivity index is 2.76. The molecule has 21 heavy (non-hydrogen) atoms. The molecule has 1 amide bonds. The number of carbonyl (C=O) groups is 1. The Morgan fingerprint density at radius 1 is 1.38 bits per heavy atom. The van der Waals surface area contributed by atoms with Crippen LogP contribution in [0.5, 0.6) is 0 Å². The first-order chi connectivity index (χ1) is 9.81. The predicted molar refractivity (Wildman–Crippen MR) is 91.9 cm³/mol. The van der Waals surface area contributed by atoms with E-state index < -0.39 is 0 Å². The van der Waals surface area contributed by atoms with Crippen molar-refractivity contribution in [2.75, 3.05) is 39.5 Å². The lowest BCUT2D eigenvalue weighted by Crippen LogP contribution is -2.51. The Labute approximate surface area is 133 Å². The molecule has 5 nitrogen and oxygen atoms in total. The van der Waals surface area contributed by atoms with Crippen molar-refractivity contribution < 1.29 is 4.79 Å². The molecule has 1 unspecified atom stereocenters. The molecule has 0 aromatic carbocycles. The highest BCUT2D eigenvalue weighted by Crippen LogP contribution is 2.24. The fourth-order valence-electron chi connectivity index (χ4n) is 2.05. The summed E-state index contributed by atoms with van der Waals surface area (Å²) in [7, 11) is 3.53. The summed E-state index contributed by atoms with van der Waals surface area (Å²) < 4.78 is 0. The van der Waals surface area contributed by atoms with Crippen molar-refractivity contribution >= 4 is 23.6 Å². The first kappa shape index (κ1) is 18.1. The van der Waals surface area contributed by atoms with Crippen LogP contribution in [0.2, 0.25) is 0 Å². The standard InChI is InChI=1S/C15H30N4OS/c1-11(2)13-10-19(7-8-21-13)15(17-12(3)4)16-9-14(20)18(5)6/h11-13H,7-10H2,1-6H3,(H,16,17). The second kappa shape index (κ2) is 8.51. The zero-order chi connectivity index (χ0) is 16.0. The summed E-state index contributed by atoms with van der Waals surface area (Å²) in [5, 5.41) is 4.03. The highest BCUT2D eigenvalue weighted by molar-refractivity contribution is 8.00. The molecule has 0 aromatic rings. The molecule has 0 aliphatic carbocycles. The zero-order valence-electron chi connectivity index (χ0n) is 14.2. The van der Waals surface area contributed by atoms with E-state index in [0.717, 1.165) is 24.8 Å². The molecular formula is C15H30N4OS. The van der Waals surface area contributed by atoms with Gasteiger partial charge in [-0.05, 0) is 19.8 Å². The first-order valence-corrected chi connectivity index (χ1v) is 8.73. The van der Waals surface area contributed by atoms with Crippen molar-refractivity contribution in [3.63, 3.8) is 0 Å². The minimum absolute atomic E-state index is 0.0323. The van der Waals surface area contributed by atoms with Crippen LogP contribution in [-0.2, 0) is 4.79 Å². The van der Waals surface area contributed by atoms with E-state index in [1.165, 1.54) is 0 Å². The fraction of sp³-hybridized carbons (Fsp3) is 0.867. The second-order valence-electron chi connectivity index (χ2n) is 6.33. The molecule has 1 heterocycles. The molecule has 1 N–H and O–H groups in total.